The van der Waals surface area contributed by atoms with Crippen LogP contribution in [-0.4, -0.2) is 31.3 Å². The Morgan fingerprint density at radius 3 is 2.62 bits per heavy atom. The maximum Gasteiger partial charge on any atom is 0.260 e. The first kappa shape index (κ1) is 18.1. The number of hydrogen-bond donors (Lipinski definition) is 1. The average molecular weight is 334 g/mol. The first-order chi connectivity index (χ1) is 9.90. The van der Waals surface area contributed by atoms with Gasteiger partial charge in [-0.25, -0.2) is 0 Å². The molecular formula is C15H21Cl2NO3. The molecule has 0 aromatic heterocycles. The molecular weight excluding hydrogens is 313 g/mol. The Balaban J connectivity index is 2.34. The fraction of sp³-hybridized carbons (Fsp3) is 0.533. The normalized spacial score (nSPS) is 12.3. The minimum Gasteiger partial charge on any atom is -0.479 e. The van der Waals surface area contributed by atoms with Crippen molar-refractivity contribution in [3.05, 3.63) is 28.2 Å². The van der Waals surface area contributed by atoms with Gasteiger partial charge in [0, 0.05) is 18.2 Å². The van der Waals surface area contributed by atoms with Crippen LogP contribution < -0.4 is 10.1 Å². The number of carbonyl (C=O) groups is 1. The highest BCUT2D eigenvalue weighted by molar-refractivity contribution is 6.35. The van der Waals surface area contributed by atoms with Crippen LogP contribution in [0.25, 0.3) is 0 Å². The van der Waals surface area contributed by atoms with E-state index in [0.29, 0.717) is 28.9 Å². The Hall–Kier alpha value is -0.970. The lowest BCUT2D eigenvalue weighted by molar-refractivity contribution is -0.127. The Labute approximate surface area is 135 Å². The third-order valence-corrected chi connectivity index (χ3v) is 3.17. The standard InChI is InChI=1S/C15H21Cl2NO3/c1-10(2)20-8-4-7-18-15(19)11(3)21-14-6-5-12(16)9-13(14)17/h5-6,9-11H,4,7-8H2,1-3H3,(H,18,19). The lowest BCUT2D eigenvalue weighted by Gasteiger charge is -2.16. The molecule has 1 amide bonds. The number of ether oxygens (including phenoxy) is 2. The maximum absolute atomic E-state index is 11.9. The summed E-state index contributed by atoms with van der Waals surface area (Å²) in [4.78, 5) is 11.9. The summed E-state index contributed by atoms with van der Waals surface area (Å²) >= 11 is 11.8. The quantitative estimate of drug-likeness (QED) is 0.738. The number of hydrogen-bond acceptors (Lipinski definition) is 3. The van der Waals surface area contributed by atoms with Gasteiger partial charge in [-0.3, -0.25) is 4.79 Å². The van der Waals surface area contributed by atoms with Crippen LogP contribution in [0.5, 0.6) is 5.75 Å². The van der Waals surface area contributed by atoms with Crippen LogP contribution in [0.15, 0.2) is 18.2 Å². The van der Waals surface area contributed by atoms with Crippen LogP contribution in [0.1, 0.15) is 27.2 Å². The summed E-state index contributed by atoms with van der Waals surface area (Å²) < 4.78 is 10.9. The summed E-state index contributed by atoms with van der Waals surface area (Å²) in [6.07, 6.45) is 0.336. The molecule has 118 valence electrons. The highest BCUT2D eigenvalue weighted by atomic mass is 35.5. The van der Waals surface area contributed by atoms with Crippen LogP contribution in [0.4, 0.5) is 0 Å². The molecule has 0 aliphatic carbocycles. The number of amides is 1. The molecule has 0 heterocycles. The van der Waals surface area contributed by atoms with Gasteiger partial charge < -0.3 is 14.8 Å². The van der Waals surface area contributed by atoms with Crippen molar-refractivity contribution in [2.45, 2.75) is 39.4 Å². The highest BCUT2D eigenvalue weighted by Gasteiger charge is 2.15. The molecule has 0 saturated carbocycles. The number of halogens is 2. The summed E-state index contributed by atoms with van der Waals surface area (Å²) in [7, 11) is 0. The van der Waals surface area contributed by atoms with Crippen molar-refractivity contribution in [1.82, 2.24) is 5.32 Å². The van der Waals surface area contributed by atoms with E-state index in [1.165, 1.54) is 0 Å². The third-order valence-electron chi connectivity index (χ3n) is 2.64. The zero-order chi connectivity index (χ0) is 15.8. The molecule has 1 aromatic rings. The Morgan fingerprint density at radius 2 is 2.00 bits per heavy atom. The second-order valence-electron chi connectivity index (χ2n) is 4.90. The molecule has 21 heavy (non-hydrogen) atoms. The molecule has 0 fully saturated rings. The van der Waals surface area contributed by atoms with Crippen molar-refractivity contribution >= 4 is 29.1 Å². The number of benzene rings is 1. The van der Waals surface area contributed by atoms with Crippen LogP contribution in [0.2, 0.25) is 10.0 Å². The van der Waals surface area contributed by atoms with Crippen molar-refractivity contribution in [3.63, 3.8) is 0 Å². The van der Waals surface area contributed by atoms with Crippen molar-refractivity contribution < 1.29 is 14.3 Å². The lowest BCUT2D eigenvalue weighted by atomic mass is 10.3. The van der Waals surface area contributed by atoms with Gasteiger partial charge in [-0.05, 0) is 45.4 Å². The summed E-state index contributed by atoms with van der Waals surface area (Å²) in [5.74, 6) is 0.248. The monoisotopic (exact) mass is 333 g/mol. The minimum atomic E-state index is -0.630. The molecule has 0 aliphatic rings. The van der Waals surface area contributed by atoms with Crippen molar-refractivity contribution in [2.24, 2.45) is 0 Å². The molecule has 1 unspecified atom stereocenters. The van der Waals surface area contributed by atoms with Crippen LogP contribution in [0, 0.1) is 0 Å². The van der Waals surface area contributed by atoms with Gasteiger partial charge >= 0.3 is 0 Å². The zero-order valence-corrected chi connectivity index (χ0v) is 14.0. The van der Waals surface area contributed by atoms with E-state index in [2.05, 4.69) is 5.32 Å². The van der Waals surface area contributed by atoms with E-state index in [4.69, 9.17) is 32.7 Å². The van der Waals surface area contributed by atoms with E-state index in [-0.39, 0.29) is 12.0 Å². The molecule has 1 N–H and O–H groups in total. The van der Waals surface area contributed by atoms with Crippen LogP contribution >= 0.6 is 23.2 Å². The fourth-order valence-electron chi connectivity index (χ4n) is 1.56. The third kappa shape index (κ3) is 7.02. The molecule has 4 nitrogen and oxygen atoms in total. The van der Waals surface area contributed by atoms with Gasteiger partial charge in [0.25, 0.3) is 5.91 Å². The van der Waals surface area contributed by atoms with Crippen LogP contribution in [-0.2, 0) is 9.53 Å². The van der Waals surface area contributed by atoms with Gasteiger partial charge in [0.15, 0.2) is 6.10 Å². The lowest BCUT2D eigenvalue weighted by Crippen LogP contribution is -2.37. The summed E-state index contributed by atoms with van der Waals surface area (Å²) in [5.41, 5.74) is 0. The van der Waals surface area contributed by atoms with Gasteiger partial charge in [0.1, 0.15) is 5.75 Å². The van der Waals surface area contributed by atoms with Gasteiger partial charge in [0.05, 0.1) is 11.1 Å². The van der Waals surface area contributed by atoms with Gasteiger partial charge in [-0.2, -0.15) is 0 Å². The Bertz CT molecular complexity index is 466. The second-order valence-corrected chi connectivity index (χ2v) is 5.74. The van der Waals surface area contributed by atoms with E-state index in [0.717, 1.165) is 6.42 Å². The van der Waals surface area contributed by atoms with Gasteiger partial charge in [-0.1, -0.05) is 23.2 Å². The number of nitrogens with one attached hydrogen (secondary N) is 1. The largest absolute Gasteiger partial charge is 0.479 e. The molecule has 1 rings (SSSR count). The molecule has 6 heteroatoms. The van der Waals surface area contributed by atoms with Crippen molar-refractivity contribution in [3.8, 4) is 5.75 Å². The first-order valence-corrected chi connectivity index (χ1v) is 7.66. The summed E-state index contributed by atoms with van der Waals surface area (Å²) in [5, 5.41) is 3.70. The zero-order valence-electron chi connectivity index (χ0n) is 12.5. The average Bonchev–Trinajstić information content (AvgIpc) is 2.40. The van der Waals surface area contributed by atoms with Crippen LogP contribution in [0.3, 0.4) is 0 Å². The highest BCUT2D eigenvalue weighted by Crippen LogP contribution is 2.28. The first-order valence-electron chi connectivity index (χ1n) is 6.91. The predicted molar refractivity (Wildman–Crippen MR) is 85.3 cm³/mol. The predicted octanol–water partition coefficient (Wildman–Crippen LogP) is 3.69. The van der Waals surface area contributed by atoms with Gasteiger partial charge in [-0.15, -0.1) is 0 Å². The Morgan fingerprint density at radius 1 is 1.29 bits per heavy atom. The number of carbonyl (C=O) groups excluding carboxylic acids is 1. The summed E-state index contributed by atoms with van der Waals surface area (Å²) in [6, 6.07) is 4.88. The molecule has 0 saturated heterocycles. The second kappa shape index (κ2) is 9.13. The molecule has 0 spiro atoms. The molecule has 0 radical (unpaired) electrons. The van der Waals surface area contributed by atoms with Crippen molar-refractivity contribution in [2.75, 3.05) is 13.2 Å². The van der Waals surface area contributed by atoms with E-state index in [1.54, 1.807) is 25.1 Å². The molecule has 1 atom stereocenters. The minimum absolute atomic E-state index is 0.189. The van der Waals surface area contributed by atoms with Crippen molar-refractivity contribution in [1.29, 1.82) is 0 Å². The van der Waals surface area contributed by atoms with E-state index >= 15 is 0 Å². The fourth-order valence-corrected chi connectivity index (χ4v) is 2.01. The van der Waals surface area contributed by atoms with E-state index in [9.17, 15) is 4.79 Å². The van der Waals surface area contributed by atoms with Gasteiger partial charge in [0.2, 0.25) is 0 Å². The smallest absolute Gasteiger partial charge is 0.260 e. The topological polar surface area (TPSA) is 47.6 Å². The SMILES string of the molecule is CC(C)OCCCNC(=O)C(C)Oc1ccc(Cl)cc1Cl. The Kier molecular flexibility index (Phi) is 7.86. The summed E-state index contributed by atoms with van der Waals surface area (Å²) in [6.45, 7) is 6.80. The maximum atomic E-state index is 11.9. The molecule has 0 aliphatic heterocycles. The number of rotatable bonds is 8. The van der Waals surface area contributed by atoms with E-state index < -0.39 is 6.10 Å². The molecule has 1 aromatic carbocycles. The van der Waals surface area contributed by atoms with E-state index in [1.807, 2.05) is 13.8 Å². The molecule has 0 bridgehead atoms.